The second kappa shape index (κ2) is 7.99. The summed E-state index contributed by atoms with van der Waals surface area (Å²) in [5.41, 5.74) is 0. The van der Waals surface area contributed by atoms with E-state index >= 15 is 0 Å². The largest absolute Gasteiger partial charge is 0.352 e. The van der Waals surface area contributed by atoms with Gasteiger partial charge < -0.3 is 15.5 Å². The Morgan fingerprint density at radius 1 is 1.20 bits per heavy atom. The number of nitrogens with one attached hydrogen (secondary N) is 2. The first-order valence-electron chi connectivity index (χ1n) is 8.37. The molecule has 2 atom stereocenters. The molecule has 1 saturated carbocycles. The van der Waals surface area contributed by atoms with Gasteiger partial charge in [0, 0.05) is 12.6 Å². The Hall–Kier alpha value is -0.610. The number of likely N-dealkylation sites (tertiary alicyclic amines) is 1. The van der Waals surface area contributed by atoms with Crippen molar-refractivity contribution in [3.05, 3.63) is 0 Å². The van der Waals surface area contributed by atoms with E-state index in [1.807, 2.05) is 6.92 Å². The lowest BCUT2D eigenvalue weighted by Crippen LogP contribution is -2.49. The summed E-state index contributed by atoms with van der Waals surface area (Å²) in [6.45, 7) is 5.33. The van der Waals surface area contributed by atoms with Crippen molar-refractivity contribution < 1.29 is 4.79 Å². The van der Waals surface area contributed by atoms with Crippen LogP contribution in [0.3, 0.4) is 0 Å². The zero-order valence-corrected chi connectivity index (χ0v) is 13.2. The van der Waals surface area contributed by atoms with E-state index in [0.717, 1.165) is 25.9 Å². The molecule has 0 spiro atoms. The van der Waals surface area contributed by atoms with Gasteiger partial charge in [-0.15, -0.1) is 0 Å². The Balaban J connectivity index is 1.65. The van der Waals surface area contributed by atoms with Crippen LogP contribution in [0.25, 0.3) is 0 Å². The lowest BCUT2D eigenvalue weighted by Gasteiger charge is -2.31. The highest BCUT2D eigenvalue weighted by Crippen LogP contribution is 2.17. The van der Waals surface area contributed by atoms with Crippen LogP contribution in [0.2, 0.25) is 0 Å². The zero-order valence-electron chi connectivity index (χ0n) is 13.2. The summed E-state index contributed by atoms with van der Waals surface area (Å²) in [5.74, 6) is 0.875. The third kappa shape index (κ3) is 5.06. The first-order valence-corrected chi connectivity index (χ1v) is 8.37. The molecule has 116 valence electrons. The fourth-order valence-corrected chi connectivity index (χ4v) is 3.45. The first kappa shape index (κ1) is 15.8. The second-order valence-corrected chi connectivity index (χ2v) is 6.74. The predicted octanol–water partition coefficient (Wildman–Crippen LogP) is 1.76. The molecule has 0 radical (unpaired) electrons. The van der Waals surface area contributed by atoms with Crippen molar-refractivity contribution in [2.45, 2.75) is 64.0 Å². The van der Waals surface area contributed by atoms with E-state index < -0.39 is 0 Å². The van der Waals surface area contributed by atoms with Crippen LogP contribution in [0.15, 0.2) is 0 Å². The van der Waals surface area contributed by atoms with Gasteiger partial charge in [-0.3, -0.25) is 4.79 Å². The summed E-state index contributed by atoms with van der Waals surface area (Å²) in [7, 11) is 2.19. The van der Waals surface area contributed by atoms with Crippen molar-refractivity contribution in [3.8, 4) is 0 Å². The minimum absolute atomic E-state index is 0.0656. The lowest BCUT2D eigenvalue weighted by molar-refractivity contribution is -0.123. The normalized spacial score (nSPS) is 27.2. The number of hydrogen-bond donors (Lipinski definition) is 2. The zero-order chi connectivity index (χ0) is 14.4. The molecule has 2 rings (SSSR count). The summed E-state index contributed by atoms with van der Waals surface area (Å²) in [6.07, 6.45) is 8.75. The topological polar surface area (TPSA) is 44.4 Å². The molecule has 1 saturated heterocycles. The molecule has 2 N–H and O–H groups in total. The summed E-state index contributed by atoms with van der Waals surface area (Å²) >= 11 is 0. The average Bonchev–Trinajstić information content (AvgIpc) is 2.46. The fourth-order valence-electron chi connectivity index (χ4n) is 3.45. The van der Waals surface area contributed by atoms with E-state index in [-0.39, 0.29) is 11.9 Å². The Morgan fingerprint density at radius 3 is 2.65 bits per heavy atom. The molecule has 0 aromatic carbocycles. The summed E-state index contributed by atoms with van der Waals surface area (Å²) < 4.78 is 0. The van der Waals surface area contributed by atoms with Gasteiger partial charge in [0.1, 0.15) is 0 Å². The van der Waals surface area contributed by atoms with Crippen LogP contribution in [0.1, 0.15) is 51.9 Å². The third-order valence-electron chi connectivity index (χ3n) is 4.78. The minimum atomic E-state index is -0.0656. The van der Waals surface area contributed by atoms with Crippen molar-refractivity contribution in [1.29, 1.82) is 0 Å². The predicted molar refractivity (Wildman–Crippen MR) is 82.7 cm³/mol. The van der Waals surface area contributed by atoms with Gasteiger partial charge in [-0.1, -0.05) is 19.3 Å². The molecule has 2 fully saturated rings. The molecular formula is C16H31N3O. The van der Waals surface area contributed by atoms with Gasteiger partial charge in [0.15, 0.2) is 0 Å². The molecule has 4 heteroatoms. The van der Waals surface area contributed by atoms with Crippen molar-refractivity contribution in [2.24, 2.45) is 5.92 Å². The lowest BCUT2D eigenvalue weighted by atomic mass is 9.95. The van der Waals surface area contributed by atoms with E-state index in [2.05, 4.69) is 22.6 Å². The van der Waals surface area contributed by atoms with Crippen LogP contribution in [0, 0.1) is 5.92 Å². The van der Waals surface area contributed by atoms with Crippen LogP contribution >= 0.6 is 0 Å². The maximum atomic E-state index is 12.2. The van der Waals surface area contributed by atoms with Crippen molar-refractivity contribution in [3.63, 3.8) is 0 Å². The van der Waals surface area contributed by atoms with Gasteiger partial charge in [-0.25, -0.2) is 0 Å². The molecule has 2 unspecified atom stereocenters. The number of piperidine rings is 1. The van der Waals surface area contributed by atoms with Gasteiger partial charge in [0.2, 0.25) is 5.91 Å². The van der Waals surface area contributed by atoms with Gasteiger partial charge in [0.05, 0.1) is 6.04 Å². The Labute approximate surface area is 123 Å². The highest BCUT2D eigenvalue weighted by molar-refractivity contribution is 5.81. The summed E-state index contributed by atoms with van der Waals surface area (Å²) in [5, 5.41) is 6.63. The molecule has 0 aromatic rings. The van der Waals surface area contributed by atoms with Crippen molar-refractivity contribution in [2.75, 3.05) is 26.7 Å². The standard InChI is InChI=1S/C16H31N3O/c1-13(16(20)18-15-8-4-3-5-9-15)17-11-14-7-6-10-19(2)12-14/h13-15,17H,3-12H2,1-2H3,(H,18,20). The minimum Gasteiger partial charge on any atom is -0.352 e. The molecule has 1 aliphatic heterocycles. The molecule has 2 aliphatic rings. The second-order valence-electron chi connectivity index (χ2n) is 6.74. The van der Waals surface area contributed by atoms with Crippen LogP contribution < -0.4 is 10.6 Å². The van der Waals surface area contributed by atoms with E-state index in [1.165, 1.54) is 38.6 Å². The molecule has 4 nitrogen and oxygen atoms in total. The molecule has 0 aromatic heterocycles. The van der Waals surface area contributed by atoms with Crippen LogP contribution in [0.4, 0.5) is 0 Å². The van der Waals surface area contributed by atoms with Crippen LogP contribution in [-0.2, 0) is 4.79 Å². The number of nitrogens with zero attached hydrogens (tertiary/aromatic N) is 1. The average molecular weight is 281 g/mol. The SMILES string of the molecule is CC(NCC1CCCN(C)C1)C(=O)NC1CCCCC1. The number of hydrogen-bond acceptors (Lipinski definition) is 3. The third-order valence-corrected chi connectivity index (χ3v) is 4.78. The van der Waals surface area contributed by atoms with Crippen molar-refractivity contribution in [1.82, 2.24) is 15.5 Å². The van der Waals surface area contributed by atoms with E-state index in [9.17, 15) is 4.79 Å². The van der Waals surface area contributed by atoms with Crippen molar-refractivity contribution >= 4 is 5.91 Å². The number of rotatable bonds is 5. The quantitative estimate of drug-likeness (QED) is 0.807. The van der Waals surface area contributed by atoms with Gasteiger partial charge in [0.25, 0.3) is 0 Å². The Bertz CT molecular complexity index is 302. The smallest absolute Gasteiger partial charge is 0.237 e. The number of amides is 1. The number of carbonyl (C=O) groups is 1. The fraction of sp³-hybridized carbons (Fsp3) is 0.938. The molecule has 1 aliphatic carbocycles. The Morgan fingerprint density at radius 2 is 1.95 bits per heavy atom. The Kier molecular flexibility index (Phi) is 6.30. The summed E-state index contributed by atoms with van der Waals surface area (Å²) in [4.78, 5) is 14.6. The highest BCUT2D eigenvalue weighted by Gasteiger charge is 2.21. The van der Waals surface area contributed by atoms with Gasteiger partial charge in [-0.2, -0.15) is 0 Å². The number of carbonyl (C=O) groups excluding carboxylic acids is 1. The maximum absolute atomic E-state index is 12.2. The van der Waals surface area contributed by atoms with E-state index in [0.29, 0.717) is 12.0 Å². The molecular weight excluding hydrogens is 250 g/mol. The molecule has 0 bridgehead atoms. The van der Waals surface area contributed by atoms with E-state index in [4.69, 9.17) is 0 Å². The van der Waals surface area contributed by atoms with Crippen LogP contribution in [-0.4, -0.2) is 49.6 Å². The maximum Gasteiger partial charge on any atom is 0.237 e. The monoisotopic (exact) mass is 281 g/mol. The molecule has 1 amide bonds. The van der Waals surface area contributed by atoms with Gasteiger partial charge >= 0.3 is 0 Å². The van der Waals surface area contributed by atoms with E-state index in [1.54, 1.807) is 0 Å². The molecule has 20 heavy (non-hydrogen) atoms. The molecule has 1 heterocycles. The summed E-state index contributed by atoms with van der Waals surface area (Å²) in [6, 6.07) is 0.352. The van der Waals surface area contributed by atoms with Gasteiger partial charge in [-0.05, 0) is 58.7 Å². The van der Waals surface area contributed by atoms with Crippen LogP contribution in [0.5, 0.6) is 0 Å². The highest BCUT2D eigenvalue weighted by atomic mass is 16.2. The first-order chi connectivity index (χ1) is 9.65.